The highest BCUT2D eigenvalue weighted by atomic mass is 79.9. The van der Waals surface area contributed by atoms with Crippen molar-refractivity contribution < 1.29 is 0 Å². The van der Waals surface area contributed by atoms with Crippen molar-refractivity contribution in [3.8, 4) is 0 Å². The zero-order valence-electron chi connectivity index (χ0n) is 10.9. The van der Waals surface area contributed by atoms with Crippen LogP contribution in [0.3, 0.4) is 0 Å². The van der Waals surface area contributed by atoms with Crippen molar-refractivity contribution >= 4 is 27.3 Å². The van der Waals surface area contributed by atoms with Crippen LogP contribution in [0.15, 0.2) is 9.85 Å². The van der Waals surface area contributed by atoms with E-state index in [1.54, 1.807) is 0 Å². The lowest BCUT2D eigenvalue weighted by Gasteiger charge is -2.24. The smallest absolute Gasteiger partial charge is 0.0731 e. The Morgan fingerprint density at radius 1 is 1.53 bits per heavy atom. The largest absolute Gasteiger partial charge is 0.309 e. The van der Waals surface area contributed by atoms with Crippen molar-refractivity contribution in [2.45, 2.75) is 46.1 Å². The molecule has 1 fully saturated rings. The molecular formula is C14H22BrNS. The van der Waals surface area contributed by atoms with Gasteiger partial charge in [-0.2, -0.15) is 0 Å². The van der Waals surface area contributed by atoms with E-state index in [4.69, 9.17) is 0 Å². The van der Waals surface area contributed by atoms with Gasteiger partial charge in [-0.1, -0.05) is 13.8 Å². The molecule has 0 bridgehead atoms. The molecular weight excluding hydrogens is 294 g/mol. The van der Waals surface area contributed by atoms with Crippen LogP contribution in [-0.2, 0) is 0 Å². The molecule has 2 atom stereocenters. The summed E-state index contributed by atoms with van der Waals surface area (Å²) in [5, 5.41) is 3.74. The minimum atomic E-state index is 0.553. The van der Waals surface area contributed by atoms with Gasteiger partial charge in [-0.25, -0.2) is 0 Å². The summed E-state index contributed by atoms with van der Waals surface area (Å²) in [6.07, 6.45) is 4.06. The molecule has 96 valence electrons. The molecule has 17 heavy (non-hydrogen) atoms. The molecule has 1 aliphatic carbocycles. The van der Waals surface area contributed by atoms with Gasteiger partial charge < -0.3 is 5.32 Å². The SMILES string of the molecule is CCCNC(c1cc(C)c(Br)s1)C(C)C1CC1. The van der Waals surface area contributed by atoms with Crippen LogP contribution >= 0.6 is 27.3 Å². The number of thiophene rings is 1. The zero-order valence-corrected chi connectivity index (χ0v) is 13.3. The summed E-state index contributed by atoms with van der Waals surface area (Å²) in [5.41, 5.74) is 1.37. The average molecular weight is 316 g/mol. The molecule has 1 aromatic heterocycles. The Morgan fingerprint density at radius 2 is 2.24 bits per heavy atom. The molecule has 1 saturated carbocycles. The van der Waals surface area contributed by atoms with E-state index < -0.39 is 0 Å². The summed E-state index contributed by atoms with van der Waals surface area (Å²) in [7, 11) is 0. The molecule has 1 heterocycles. The van der Waals surface area contributed by atoms with E-state index in [0.29, 0.717) is 6.04 Å². The minimum absolute atomic E-state index is 0.553. The van der Waals surface area contributed by atoms with Crippen LogP contribution in [0.4, 0.5) is 0 Å². The van der Waals surface area contributed by atoms with Gasteiger partial charge in [-0.05, 0) is 72.1 Å². The number of nitrogens with one attached hydrogen (secondary N) is 1. The maximum Gasteiger partial charge on any atom is 0.0731 e. The molecule has 0 saturated heterocycles. The molecule has 1 nitrogen and oxygen atoms in total. The highest BCUT2D eigenvalue weighted by Gasteiger charge is 2.34. The Labute approximate surface area is 117 Å². The number of hydrogen-bond acceptors (Lipinski definition) is 2. The van der Waals surface area contributed by atoms with E-state index in [0.717, 1.165) is 18.4 Å². The van der Waals surface area contributed by atoms with Crippen LogP contribution in [0.5, 0.6) is 0 Å². The van der Waals surface area contributed by atoms with E-state index in [-0.39, 0.29) is 0 Å². The normalized spacial score (nSPS) is 19.3. The number of hydrogen-bond donors (Lipinski definition) is 1. The monoisotopic (exact) mass is 315 g/mol. The fraction of sp³-hybridized carbons (Fsp3) is 0.714. The van der Waals surface area contributed by atoms with Crippen LogP contribution in [0.2, 0.25) is 0 Å². The zero-order chi connectivity index (χ0) is 12.4. The number of aryl methyl sites for hydroxylation is 1. The third kappa shape index (κ3) is 3.33. The van der Waals surface area contributed by atoms with Gasteiger partial charge in [-0.3, -0.25) is 0 Å². The fourth-order valence-electron chi connectivity index (χ4n) is 2.38. The first-order valence-corrected chi connectivity index (χ1v) is 8.23. The van der Waals surface area contributed by atoms with E-state index in [2.05, 4.69) is 48.1 Å². The lowest BCUT2D eigenvalue weighted by Crippen LogP contribution is -2.28. The predicted octanol–water partition coefficient (Wildman–Crippen LogP) is 4.91. The molecule has 0 aromatic carbocycles. The van der Waals surface area contributed by atoms with Gasteiger partial charge in [0.25, 0.3) is 0 Å². The molecule has 2 unspecified atom stereocenters. The average Bonchev–Trinajstić information content (AvgIpc) is 3.08. The van der Waals surface area contributed by atoms with Crippen molar-refractivity contribution in [2.75, 3.05) is 6.54 Å². The van der Waals surface area contributed by atoms with Gasteiger partial charge in [0.1, 0.15) is 0 Å². The quantitative estimate of drug-likeness (QED) is 0.786. The summed E-state index contributed by atoms with van der Waals surface area (Å²) < 4.78 is 1.29. The highest BCUT2D eigenvalue weighted by Crippen LogP contribution is 2.44. The maximum atomic E-state index is 3.74. The number of rotatable bonds is 6. The van der Waals surface area contributed by atoms with Crippen molar-refractivity contribution in [3.05, 3.63) is 20.3 Å². The lowest BCUT2D eigenvalue weighted by atomic mass is 9.95. The molecule has 0 radical (unpaired) electrons. The van der Waals surface area contributed by atoms with Crippen LogP contribution in [-0.4, -0.2) is 6.54 Å². The first kappa shape index (κ1) is 13.6. The van der Waals surface area contributed by atoms with Crippen molar-refractivity contribution in [3.63, 3.8) is 0 Å². The minimum Gasteiger partial charge on any atom is -0.309 e. The van der Waals surface area contributed by atoms with E-state index in [9.17, 15) is 0 Å². The van der Waals surface area contributed by atoms with Gasteiger partial charge in [0.15, 0.2) is 0 Å². The summed E-state index contributed by atoms with van der Waals surface area (Å²) in [6.45, 7) is 7.95. The molecule has 0 spiro atoms. The van der Waals surface area contributed by atoms with Crippen molar-refractivity contribution in [2.24, 2.45) is 11.8 Å². The summed E-state index contributed by atoms with van der Waals surface area (Å²) >= 11 is 5.55. The highest BCUT2D eigenvalue weighted by molar-refractivity contribution is 9.11. The van der Waals surface area contributed by atoms with Crippen LogP contribution in [0, 0.1) is 18.8 Å². The molecule has 1 aliphatic rings. The Kier molecular flexibility index (Phi) is 4.67. The van der Waals surface area contributed by atoms with Gasteiger partial charge >= 0.3 is 0 Å². The van der Waals surface area contributed by atoms with Gasteiger partial charge in [0.2, 0.25) is 0 Å². The standard InChI is InChI=1S/C14H22BrNS/c1-4-7-16-13(10(3)11-5-6-11)12-8-9(2)14(15)17-12/h8,10-11,13,16H,4-7H2,1-3H3. The Morgan fingerprint density at radius 3 is 2.71 bits per heavy atom. The summed E-state index contributed by atoms with van der Waals surface area (Å²) in [6, 6.07) is 2.90. The second kappa shape index (κ2) is 5.85. The second-order valence-electron chi connectivity index (χ2n) is 5.23. The first-order chi connectivity index (χ1) is 8.13. The fourth-order valence-corrected chi connectivity index (χ4v) is 4.14. The Balaban J connectivity index is 2.13. The third-order valence-corrected chi connectivity index (χ3v) is 5.91. The van der Waals surface area contributed by atoms with Crippen LogP contribution in [0.1, 0.15) is 49.6 Å². The summed E-state index contributed by atoms with van der Waals surface area (Å²) in [5.74, 6) is 1.72. The molecule has 3 heteroatoms. The third-order valence-electron chi connectivity index (χ3n) is 3.69. The van der Waals surface area contributed by atoms with E-state index in [1.165, 1.54) is 33.5 Å². The van der Waals surface area contributed by atoms with Crippen molar-refractivity contribution in [1.82, 2.24) is 5.32 Å². The van der Waals surface area contributed by atoms with Crippen molar-refractivity contribution in [1.29, 1.82) is 0 Å². The maximum absolute atomic E-state index is 3.74. The molecule has 1 N–H and O–H groups in total. The van der Waals surface area contributed by atoms with E-state index in [1.807, 2.05) is 11.3 Å². The van der Waals surface area contributed by atoms with Gasteiger partial charge in [0.05, 0.1) is 3.79 Å². The summed E-state index contributed by atoms with van der Waals surface area (Å²) in [4.78, 5) is 1.50. The Bertz CT molecular complexity index is 351. The predicted molar refractivity (Wildman–Crippen MR) is 79.7 cm³/mol. The molecule has 0 amide bonds. The Hall–Kier alpha value is 0.140. The van der Waals surface area contributed by atoms with Gasteiger partial charge in [-0.15, -0.1) is 11.3 Å². The van der Waals surface area contributed by atoms with Crippen LogP contribution < -0.4 is 5.32 Å². The molecule has 0 aliphatic heterocycles. The first-order valence-electron chi connectivity index (χ1n) is 6.62. The molecule has 2 rings (SSSR count). The van der Waals surface area contributed by atoms with Crippen LogP contribution in [0.25, 0.3) is 0 Å². The lowest BCUT2D eigenvalue weighted by molar-refractivity contribution is 0.354. The van der Waals surface area contributed by atoms with E-state index >= 15 is 0 Å². The van der Waals surface area contributed by atoms with Gasteiger partial charge in [0, 0.05) is 10.9 Å². The molecule has 1 aromatic rings. The number of halogens is 1. The second-order valence-corrected chi connectivity index (χ2v) is 7.64. The topological polar surface area (TPSA) is 12.0 Å².